The number of hydrogen-bond donors (Lipinski definition) is 2. The summed E-state index contributed by atoms with van der Waals surface area (Å²) in [5.41, 5.74) is -1.19. The lowest BCUT2D eigenvalue weighted by atomic mass is 10.1. The third kappa shape index (κ3) is 2.33. The van der Waals surface area contributed by atoms with Gasteiger partial charge in [-0.25, -0.2) is 0 Å². The Labute approximate surface area is 83.7 Å². The van der Waals surface area contributed by atoms with E-state index in [0.717, 1.165) is 13.2 Å². The largest absolute Gasteiger partial charge is 0.504 e. The van der Waals surface area contributed by atoms with Crippen molar-refractivity contribution in [1.29, 1.82) is 0 Å². The van der Waals surface area contributed by atoms with Gasteiger partial charge in [0.2, 0.25) is 0 Å². The van der Waals surface area contributed by atoms with E-state index in [9.17, 15) is 18.3 Å². The number of halogens is 3. The second-order valence-electron chi connectivity index (χ2n) is 2.85. The summed E-state index contributed by atoms with van der Waals surface area (Å²) in [5.74, 6) is -1.28. The van der Waals surface area contributed by atoms with E-state index in [1.165, 1.54) is 0 Å². The van der Waals surface area contributed by atoms with Crippen LogP contribution in [0.4, 0.5) is 13.2 Å². The Bertz CT molecular complexity index is 360. The van der Waals surface area contributed by atoms with Crippen LogP contribution in [0, 0.1) is 0 Å². The maximum Gasteiger partial charge on any atom is 0.420 e. The molecule has 0 aliphatic heterocycles. The van der Waals surface area contributed by atoms with E-state index in [1.54, 1.807) is 0 Å². The minimum absolute atomic E-state index is 0.0250. The van der Waals surface area contributed by atoms with Crippen molar-refractivity contribution >= 4 is 0 Å². The standard InChI is InChI=1S/C9H9F3O3/c1-15-7-3-5(4-13)2-6(8(7)14)9(10,11)12/h2-3,13-14H,4H2,1H3. The summed E-state index contributed by atoms with van der Waals surface area (Å²) in [6.45, 7) is -0.556. The van der Waals surface area contributed by atoms with Crippen molar-refractivity contribution in [2.45, 2.75) is 12.8 Å². The van der Waals surface area contributed by atoms with Gasteiger partial charge in [-0.1, -0.05) is 0 Å². The smallest absolute Gasteiger partial charge is 0.420 e. The first-order chi connectivity index (χ1) is 6.90. The zero-order valence-electron chi connectivity index (χ0n) is 7.80. The third-order valence-electron chi connectivity index (χ3n) is 1.84. The molecule has 0 saturated heterocycles. The molecule has 3 nitrogen and oxygen atoms in total. The molecule has 15 heavy (non-hydrogen) atoms. The fraction of sp³-hybridized carbons (Fsp3) is 0.333. The van der Waals surface area contributed by atoms with E-state index >= 15 is 0 Å². The van der Waals surface area contributed by atoms with Crippen molar-refractivity contribution in [2.75, 3.05) is 7.11 Å². The van der Waals surface area contributed by atoms with Crippen molar-refractivity contribution in [3.8, 4) is 11.5 Å². The van der Waals surface area contributed by atoms with Crippen molar-refractivity contribution in [3.05, 3.63) is 23.3 Å². The van der Waals surface area contributed by atoms with E-state index in [1.807, 2.05) is 0 Å². The number of aliphatic hydroxyl groups is 1. The average Bonchev–Trinajstić information content (AvgIpc) is 2.16. The zero-order valence-corrected chi connectivity index (χ0v) is 7.80. The number of rotatable bonds is 2. The molecule has 1 rings (SSSR count). The van der Waals surface area contributed by atoms with Crippen LogP contribution in [0.2, 0.25) is 0 Å². The van der Waals surface area contributed by atoms with Crippen molar-refractivity contribution in [1.82, 2.24) is 0 Å². The van der Waals surface area contributed by atoms with Crippen LogP contribution in [0.3, 0.4) is 0 Å². The van der Waals surface area contributed by atoms with Gasteiger partial charge < -0.3 is 14.9 Å². The Kier molecular flexibility index (Phi) is 3.09. The molecule has 0 radical (unpaired) electrons. The predicted octanol–water partition coefficient (Wildman–Crippen LogP) is 1.91. The minimum Gasteiger partial charge on any atom is -0.504 e. The van der Waals surface area contributed by atoms with Crippen LogP contribution < -0.4 is 4.74 Å². The Morgan fingerprint density at radius 1 is 1.33 bits per heavy atom. The minimum atomic E-state index is -4.68. The quantitative estimate of drug-likeness (QED) is 0.803. The van der Waals surface area contributed by atoms with Crippen molar-refractivity contribution in [3.63, 3.8) is 0 Å². The van der Waals surface area contributed by atoms with Crippen LogP contribution in [0.15, 0.2) is 12.1 Å². The Morgan fingerprint density at radius 3 is 2.33 bits per heavy atom. The second-order valence-corrected chi connectivity index (χ2v) is 2.85. The number of hydrogen-bond acceptors (Lipinski definition) is 3. The van der Waals surface area contributed by atoms with Gasteiger partial charge in [0, 0.05) is 0 Å². The molecule has 0 heterocycles. The first-order valence-electron chi connectivity index (χ1n) is 3.98. The molecule has 1 aromatic carbocycles. The molecular formula is C9H9F3O3. The summed E-state index contributed by atoms with van der Waals surface area (Å²) >= 11 is 0. The molecule has 84 valence electrons. The van der Waals surface area contributed by atoms with Crippen LogP contribution >= 0.6 is 0 Å². The molecule has 2 N–H and O–H groups in total. The zero-order chi connectivity index (χ0) is 11.6. The highest BCUT2D eigenvalue weighted by atomic mass is 19.4. The van der Waals surface area contributed by atoms with Gasteiger partial charge in [-0.2, -0.15) is 13.2 Å². The molecule has 0 fully saturated rings. The van der Waals surface area contributed by atoms with Gasteiger partial charge in [0.15, 0.2) is 11.5 Å². The highest BCUT2D eigenvalue weighted by Crippen LogP contribution is 2.41. The van der Waals surface area contributed by atoms with E-state index in [-0.39, 0.29) is 11.3 Å². The fourth-order valence-electron chi connectivity index (χ4n) is 1.13. The van der Waals surface area contributed by atoms with E-state index in [2.05, 4.69) is 4.74 Å². The average molecular weight is 222 g/mol. The van der Waals surface area contributed by atoms with E-state index in [0.29, 0.717) is 6.07 Å². The summed E-state index contributed by atoms with van der Waals surface area (Å²) in [6, 6.07) is 1.82. The highest BCUT2D eigenvalue weighted by molar-refractivity contribution is 5.49. The fourth-order valence-corrected chi connectivity index (χ4v) is 1.13. The number of aliphatic hydroxyl groups excluding tert-OH is 1. The van der Waals surface area contributed by atoms with Gasteiger partial charge in [-0.05, 0) is 17.7 Å². The number of phenols is 1. The van der Waals surface area contributed by atoms with Gasteiger partial charge in [-0.15, -0.1) is 0 Å². The predicted molar refractivity (Wildman–Crippen MR) is 45.6 cm³/mol. The summed E-state index contributed by atoms with van der Waals surface area (Å²) < 4.78 is 41.7. The molecule has 0 aliphatic rings. The van der Waals surface area contributed by atoms with E-state index < -0.39 is 24.1 Å². The summed E-state index contributed by atoms with van der Waals surface area (Å²) in [7, 11) is 1.14. The normalized spacial score (nSPS) is 11.5. The van der Waals surface area contributed by atoms with Crippen LogP contribution in [0.1, 0.15) is 11.1 Å². The molecule has 6 heteroatoms. The molecule has 0 spiro atoms. The van der Waals surface area contributed by atoms with Gasteiger partial charge in [0.1, 0.15) is 5.56 Å². The Balaban J connectivity index is 3.37. The molecule has 0 saturated carbocycles. The molecule has 0 aromatic heterocycles. The third-order valence-corrected chi connectivity index (χ3v) is 1.84. The van der Waals surface area contributed by atoms with Crippen molar-refractivity contribution < 1.29 is 28.1 Å². The first-order valence-corrected chi connectivity index (χ1v) is 3.98. The van der Waals surface area contributed by atoms with Gasteiger partial charge in [-0.3, -0.25) is 0 Å². The number of phenolic OH excluding ortho intramolecular Hbond substituents is 1. The van der Waals surface area contributed by atoms with Crippen LogP contribution in [0.25, 0.3) is 0 Å². The number of aromatic hydroxyl groups is 1. The van der Waals surface area contributed by atoms with Gasteiger partial charge in [0.25, 0.3) is 0 Å². The highest BCUT2D eigenvalue weighted by Gasteiger charge is 2.35. The number of ether oxygens (including phenoxy) is 1. The maximum absolute atomic E-state index is 12.4. The monoisotopic (exact) mass is 222 g/mol. The summed E-state index contributed by atoms with van der Waals surface area (Å²) in [4.78, 5) is 0. The molecule has 0 aliphatic carbocycles. The lowest BCUT2D eigenvalue weighted by Gasteiger charge is -2.13. The van der Waals surface area contributed by atoms with E-state index in [4.69, 9.17) is 5.11 Å². The molecule has 0 atom stereocenters. The van der Waals surface area contributed by atoms with Gasteiger partial charge >= 0.3 is 6.18 Å². The number of benzene rings is 1. The number of methoxy groups -OCH3 is 1. The van der Waals surface area contributed by atoms with Crippen LogP contribution in [0.5, 0.6) is 11.5 Å². The number of alkyl halides is 3. The lowest BCUT2D eigenvalue weighted by Crippen LogP contribution is -2.07. The summed E-state index contributed by atoms with van der Waals surface area (Å²) in [6.07, 6.45) is -4.68. The molecule has 0 unspecified atom stereocenters. The summed E-state index contributed by atoms with van der Waals surface area (Å²) in [5, 5.41) is 18.0. The SMILES string of the molecule is COc1cc(CO)cc(C(F)(F)F)c1O. The topological polar surface area (TPSA) is 49.7 Å². The Hall–Kier alpha value is -1.43. The molecule has 0 bridgehead atoms. The Morgan fingerprint density at radius 2 is 1.93 bits per heavy atom. The second kappa shape index (κ2) is 3.98. The van der Waals surface area contributed by atoms with Crippen molar-refractivity contribution in [2.24, 2.45) is 0 Å². The maximum atomic E-state index is 12.4. The molecule has 1 aromatic rings. The lowest BCUT2D eigenvalue weighted by molar-refractivity contribution is -0.139. The molecular weight excluding hydrogens is 213 g/mol. The van der Waals surface area contributed by atoms with Gasteiger partial charge in [0.05, 0.1) is 13.7 Å². The van der Waals surface area contributed by atoms with Crippen LogP contribution in [-0.2, 0) is 12.8 Å². The molecule has 0 amide bonds. The van der Waals surface area contributed by atoms with Crippen LogP contribution in [-0.4, -0.2) is 17.3 Å². The first kappa shape index (κ1) is 11.6.